The molecule has 0 radical (unpaired) electrons. The number of hydrogen-bond donors (Lipinski definition) is 1. The molecule has 2 rings (SSSR count). The molecule has 0 saturated heterocycles. The van der Waals surface area contributed by atoms with Crippen LogP contribution in [0.15, 0.2) is 35.4 Å². The summed E-state index contributed by atoms with van der Waals surface area (Å²) in [6.07, 6.45) is 7.07. The fourth-order valence-electron chi connectivity index (χ4n) is 1.77. The minimum Gasteiger partial charge on any atom is -0.472 e. The van der Waals surface area contributed by atoms with Crippen LogP contribution in [0.3, 0.4) is 0 Å². The highest BCUT2D eigenvalue weighted by Crippen LogP contribution is 2.10. The molecule has 0 aliphatic rings. The van der Waals surface area contributed by atoms with Gasteiger partial charge in [-0.05, 0) is 6.07 Å². The zero-order chi connectivity index (χ0) is 14.2. The lowest BCUT2D eigenvalue weighted by atomic mass is 10.3. The highest BCUT2D eigenvalue weighted by Gasteiger charge is 2.06. The van der Waals surface area contributed by atoms with Crippen molar-refractivity contribution in [2.45, 2.75) is 13.1 Å². The van der Waals surface area contributed by atoms with Gasteiger partial charge in [0.15, 0.2) is 0 Å². The van der Waals surface area contributed by atoms with E-state index in [1.54, 1.807) is 19.6 Å². The van der Waals surface area contributed by atoms with Crippen molar-refractivity contribution in [1.29, 1.82) is 0 Å². The van der Waals surface area contributed by atoms with Crippen LogP contribution in [0, 0.1) is 0 Å². The molecule has 6 nitrogen and oxygen atoms in total. The minimum atomic E-state index is 0.701. The Morgan fingerprint density at radius 1 is 1.30 bits per heavy atom. The Hall–Kier alpha value is -1.92. The van der Waals surface area contributed by atoms with E-state index >= 15 is 0 Å². The maximum absolute atomic E-state index is 5.05. The summed E-state index contributed by atoms with van der Waals surface area (Å²) >= 11 is 0. The van der Waals surface area contributed by atoms with Crippen LogP contribution in [0.25, 0.3) is 0 Å². The number of methoxy groups -OCH3 is 1. The molecule has 0 amide bonds. The summed E-state index contributed by atoms with van der Waals surface area (Å²) in [5, 5.41) is 3.26. The van der Waals surface area contributed by atoms with Crippen molar-refractivity contribution < 1.29 is 9.15 Å². The Morgan fingerprint density at radius 3 is 2.75 bits per heavy atom. The molecule has 0 saturated carbocycles. The first-order chi connectivity index (χ1) is 9.79. The fraction of sp³-hybridized carbons (Fsp3) is 0.429. The van der Waals surface area contributed by atoms with Crippen molar-refractivity contribution >= 4 is 5.95 Å². The zero-order valence-electron chi connectivity index (χ0n) is 11.9. The third kappa shape index (κ3) is 4.32. The zero-order valence-corrected chi connectivity index (χ0v) is 11.9. The van der Waals surface area contributed by atoms with Crippen LogP contribution < -0.4 is 10.2 Å². The Balaban J connectivity index is 1.84. The largest absolute Gasteiger partial charge is 0.472 e. The van der Waals surface area contributed by atoms with E-state index in [1.807, 2.05) is 30.4 Å². The summed E-state index contributed by atoms with van der Waals surface area (Å²) in [7, 11) is 3.65. The van der Waals surface area contributed by atoms with Gasteiger partial charge in [0.25, 0.3) is 0 Å². The predicted molar refractivity (Wildman–Crippen MR) is 76.4 cm³/mol. The molecule has 1 N–H and O–H groups in total. The van der Waals surface area contributed by atoms with Crippen molar-refractivity contribution in [2.24, 2.45) is 0 Å². The third-order valence-corrected chi connectivity index (χ3v) is 2.85. The van der Waals surface area contributed by atoms with Gasteiger partial charge in [-0.3, -0.25) is 0 Å². The maximum atomic E-state index is 5.05. The van der Waals surface area contributed by atoms with Crippen LogP contribution in [-0.4, -0.2) is 37.3 Å². The summed E-state index contributed by atoms with van der Waals surface area (Å²) in [6.45, 7) is 2.99. The van der Waals surface area contributed by atoms with Gasteiger partial charge in [-0.15, -0.1) is 0 Å². The average molecular weight is 276 g/mol. The molecule has 0 fully saturated rings. The Morgan fingerprint density at radius 2 is 2.10 bits per heavy atom. The molecule has 20 heavy (non-hydrogen) atoms. The Bertz CT molecular complexity index is 484. The van der Waals surface area contributed by atoms with Crippen molar-refractivity contribution in [3.63, 3.8) is 0 Å². The quantitative estimate of drug-likeness (QED) is 0.736. The lowest BCUT2D eigenvalue weighted by Gasteiger charge is -2.15. The molecule has 2 aromatic heterocycles. The number of aromatic nitrogens is 2. The average Bonchev–Trinajstić information content (AvgIpc) is 2.97. The van der Waals surface area contributed by atoms with E-state index in [4.69, 9.17) is 9.15 Å². The molecule has 0 aliphatic carbocycles. The predicted octanol–water partition coefficient (Wildman–Crippen LogP) is 1.44. The number of anilines is 1. The molecular weight excluding hydrogens is 256 g/mol. The van der Waals surface area contributed by atoms with Crippen LogP contribution in [0.5, 0.6) is 0 Å². The summed E-state index contributed by atoms with van der Waals surface area (Å²) < 4.78 is 10.0. The minimum absolute atomic E-state index is 0.701. The van der Waals surface area contributed by atoms with Crippen molar-refractivity contribution in [1.82, 2.24) is 15.3 Å². The van der Waals surface area contributed by atoms with Crippen LogP contribution in [0.1, 0.15) is 11.1 Å². The fourth-order valence-corrected chi connectivity index (χ4v) is 1.77. The van der Waals surface area contributed by atoms with Gasteiger partial charge >= 0.3 is 0 Å². The van der Waals surface area contributed by atoms with E-state index in [0.29, 0.717) is 12.6 Å². The molecule has 0 aromatic carbocycles. The Kier molecular flexibility index (Phi) is 5.52. The highest BCUT2D eigenvalue weighted by atomic mass is 16.5. The van der Waals surface area contributed by atoms with Gasteiger partial charge in [0.2, 0.25) is 5.95 Å². The molecule has 0 unspecified atom stereocenters. The van der Waals surface area contributed by atoms with E-state index in [2.05, 4.69) is 15.3 Å². The van der Waals surface area contributed by atoms with Crippen LogP contribution in [0.2, 0.25) is 0 Å². The standard InChI is InChI=1S/C14H20N4O2/c1-18(10-12-3-5-20-11-12)14-16-8-13(9-17-14)7-15-4-6-19-2/h3,5,8-9,11,15H,4,6-7,10H2,1-2H3. The number of hydrogen-bond acceptors (Lipinski definition) is 6. The molecule has 108 valence electrons. The smallest absolute Gasteiger partial charge is 0.225 e. The van der Waals surface area contributed by atoms with Gasteiger partial charge in [0, 0.05) is 57.3 Å². The normalized spacial score (nSPS) is 10.7. The van der Waals surface area contributed by atoms with Crippen molar-refractivity contribution in [3.05, 3.63) is 42.1 Å². The van der Waals surface area contributed by atoms with Crippen molar-refractivity contribution in [2.75, 3.05) is 32.2 Å². The lowest BCUT2D eigenvalue weighted by Crippen LogP contribution is -2.20. The van der Waals surface area contributed by atoms with Gasteiger partial charge in [0.05, 0.1) is 19.1 Å². The molecule has 0 bridgehead atoms. The van der Waals surface area contributed by atoms with Crippen LogP contribution >= 0.6 is 0 Å². The highest BCUT2D eigenvalue weighted by molar-refractivity contribution is 5.30. The van der Waals surface area contributed by atoms with E-state index in [0.717, 1.165) is 30.8 Å². The molecule has 2 heterocycles. The second-order valence-corrected chi connectivity index (χ2v) is 4.55. The molecule has 0 aliphatic heterocycles. The first kappa shape index (κ1) is 14.5. The maximum Gasteiger partial charge on any atom is 0.225 e. The first-order valence-corrected chi connectivity index (χ1v) is 6.52. The van der Waals surface area contributed by atoms with Gasteiger partial charge in [0.1, 0.15) is 0 Å². The van der Waals surface area contributed by atoms with Gasteiger partial charge in [-0.25, -0.2) is 9.97 Å². The van der Waals surface area contributed by atoms with Gasteiger partial charge in [-0.1, -0.05) is 0 Å². The topological polar surface area (TPSA) is 63.4 Å². The molecular formula is C14H20N4O2. The monoisotopic (exact) mass is 276 g/mol. The van der Waals surface area contributed by atoms with Crippen LogP contribution in [-0.2, 0) is 17.8 Å². The van der Waals surface area contributed by atoms with E-state index in [1.165, 1.54) is 0 Å². The van der Waals surface area contributed by atoms with E-state index in [-0.39, 0.29) is 0 Å². The molecule has 0 spiro atoms. The van der Waals surface area contributed by atoms with Gasteiger partial charge < -0.3 is 19.4 Å². The molecule has 6 heteroatoms. The molecule has 2 aromatic rings. The molecule has 0 atom stereocenters. The summed E-state index contributed by atoms with van der Waals surface area (Å²) in [4.78, 5) is 10.7. The number of rotatable bonds is 8. The van der Waals surface area contributed by atoms with Crippen molar-refractivity contribution in [3.8, 4) is 0 Å². The van der Waals surface area contributed by atoms with E-state index < -0.39 is 0 Å². The third-order valence-electron chi connectivity index (χ3n) is 2.85. The summed E-state index contributed by atoms with van der Waals surface area (Å²) in [5.74, 6) is 0.701. The number of nitrogens with one attached hydrogen (secondary N) is 1. The summed E-state index contributed by atoms with van der Waals surface area (Å²) in [5.41, 5.74) is 2.16. The second kappa shape index (κ2) is 7.62. The second-order valence-electron chi connectivity index (χ2n) is 4.55. The first-order valence-electron chi connectivity index (χ1n) is 6.52. The number of nitrogens with zero attached hydrogens (tertiary/aromatic N) is 3. The Labute approximate surface area is 118 Å². The van der Waals surface area contributed by atoms with Gasteiger partial charge in [-0.2, -0.15) is 0 Å². The summed E-state index contributed by atoms with van der Waals surface area (Å²) in [6, 6.07) is 1.94. The van der Waals surface area contributed by atoms with E-state index in [9.17, 15) is 0 Å². The number of furan rings is 1. The SMILES string of the molecule is COCCNCc1cnc(N(C)Cc2ccoc2)nc1. The number of ether oxygens (including phenoxy) is 1. The lowest BCUT2D eigenvalue weighted by molar-refractivity contribution is 0.199. The van der Waals surface area contributed by atoms with Crippen LogP contribution in [0.4, 0.5) is 5.95 Å².